The highest BCUT2D eigenvalue weighted by Crippen LogP contribution is 2.43. The second-order valence-corrected chi connectivity index (χ2v) is 6.46. The van der Waals surface area contributed by atoms with E-state index in [2.05, 4.69) is 9.97 Å². The van der Waals surface area contributed by atoms with Gasteiger partial charge in [-0.1, -0.05) is 12.1 Å². The molecule has 0 bridgehead atoms. The average Bonchev–Trinajstić information content (AvgIpc) is 2.83. The molecular formula is C24H21N3O3. The molecule has 4 rings (SSSR count). The van der Waals surface area contributed by atoms with Crippen LogP contribution in [0.4, 0.5) is 0 Å². The van der Waals surface area contributed by atoms with Crippen LogP contribution in [0.15, 0.2) is 73.1 Å². The number of benzene rings is 1. The molecule has 0 saturated heterocycles. The predicted octanol–water partition coefficient (Wildman–Crippen LogP) is 4.90. The molecule has 0 amide bonds. The molecule has 0 aliphatic heterocycles. The van der Waals surface area contributed by atoms with E-state index in [0.717, 1.165) is 33.9 Å². The fraction of sp³-hybridized carbons (Fsp3) is 0.125. The summed E-state index contributed by atoms with van der Waals surface area (Å²) in [6.45, 7) is 0. The van der Waals surface area contributed by atoms with Crippen molar-refractivity contribution in [2.45, 2.75) is 0 Å². The summed E-state index contributed by atoms with van der Waals surface area (Å²) in [5.41, 5.74) is 4.67. The lowest BCUT2D eigenvalue weighted by atomic mass is 10.00. The van der Waals surface area contributed by atoms with E-state index in [9.17, 15) is 0 Å². The number of methoxy groups -OCH3 is 3. The summed E-state index contributed by atoms with van der Waals surface area (Å²) in [4.78, 5) is 13.7. The molecule has 0 N–H and O–H groups in total. The lowest BCUT2D eigenvalue weighted by molar-refractivity contribution is 0.377. The molecule has 0 fully saturated rings. The zero-order valence-electron chi connectivity index (χ0n) is 17.0. The minimum Gasteiger partial charge on any atom is -0.496 e. The molecule has 0 atom stereocenters. The molecule has 3 heterocycles. The summed E-state index contributed by atoms with van der Waals surface area (Å²) in [7, 11) is 4.86. The van der Waals surface area contributed by atoms with Gasteiger partial charge in [0.15, 0.2) is 0 Å². The summed E-state index contributed by atoms with van der Waals surface area (Å²) >= 11 is 0. The summed E-state index contributed by atoms with van der Waals surface area (Å²) in [6.07, 6.45) is 3.50. The zero-order valence-corrected chi connectivity index (χ0v) is 17.0. The molecule has 0 radical (unpaired) electrons. The molecular weight excluding hydrogens is 378 g/mol. The minimum absolute atomic E-state index is 0.636. The van der Waals surface area contributed by atoms with Gasteiger partial charge in [0.1, 0.15) is 17.2 Å². The van der Waals surface area contributed by atoms with E-state index in [4.69, 9.17) is 19.2 Å². The van der Waals surface area contributed by atoms with E-state index in [1.54, 1.807) is 33.7 Å². The van der Waals surface area contributed by atoms with Crippen LogP contribution in [0.25, 0.3) is 33.9 Å². The van der Waals surface area contributed by atoms with Crippen LogP contribution in [0, 0.1) is 0 Å². The third-order valence-corrected chi connectivity index (χ3v) is 4.68. The number of rotatable bonds is 6. The normalized spacial score (nSPS) is 10.5. The van der Waals surface area contributed by atoms with Crippen LogP contribution in [0.3, 0.4) is 0 Å². The molecule has 6 heteroatoms. The zero-order chi connectivity index (χ0) is 20.9. The molecule has 150 valence electrons. The fourth-order valence-electron chi connectivity index (χ4n) is 3.26. The molecule has 0 unspecified atom stereocenters. The Kier molecular flexibility index (Phi) is 5.57. The van der Waals surface area contributed by atoms with Crippen molar-refractivity contribution >= 4 is 0 Å². The smallest absolute Gasteiger partial charge is 0.134 e. The van der Waals surface area contributed by atoms with Gasteiger partial charge in [0.05, 0.1) is 49.7 Å². The highest BCUT2D eigenvalue weighted by Gasteiger charge is 2.18. The van der Waals surface area contributed by atoms with Crippen molar-refractivity contribution in [1.82, 2.24) is 15.0 Å². The minimum atomic E-state index is 0.636. The van der Waals surface area contributed by atoms with Gasteiger partial charge in [-0.25, -0.2) is 4.98 Å². The molecule has 1 aromatic carbocycles. The predicted molar refractivity (Wildman–Crippen MR) is 116 cm³/mol. The Hall–Kier alpha value is -3.93. The largest absolute Gasteiger partial charge is 0.496 e. The quantitative estimate of drug-likeness (QED) is 0.459. The Labute approximate surface area is 175 Å². The van der Waals surface area contributed by atoms with Crippen molar-refractivity contribution in [3.63, 3.8) is 0 Å². The topological polar surface area (TPSA) is 66.4 Å². The molecule has 0 aliphatic carbocycles. The van der Waals surface area contributed by atoms with Crippen molar-refractivity contribution in [1.29, 1.82) is 0 Å². The van der Waals surface area contributed by atoms with Crippen molar-refractivity contribution in [2.24, 2.45) is 0 Å². The monoisotopic (exact) mass is 399 g/mol. The van der Waals surface area contributed by atoms with E-state index in [1.165, 1.54) is 0 Å². The Morgan fingerprint density at radius 3 is 1.53 bits per heavy atom. The van der Waals surface area contributed by atoms with Gasteiger partial charge in [-0.2, -0.15) is 0 Å². The average molecular weight is 399 g/mol. The Bertz CT molecular complexity index is 1070. The molecule has 30 heavy (non-hydrogen) atoms. The van der Waals surface area contributed by atoms with Gasteiger partial charge in [-0.05, 0) is 42.0 Å². The number of hydrogen-bond acceptors (Lipinski definition) is 6. The lowest BCUT2D eigenvalue weighted by Gasteiger charge is -2.16. The number of aromatic nitrogens is 3. The number of pyridine rings is 3. The molecule has 3 aromatic heterocycles. The van der Waals surface area contributed by atoms with Gasteiger partial charge < -0.3 is 14.2 Å². The van der Waals surface area contributed by atoms with Crippen LogP contribution in [0.5, 0.6) is 17.2 Å². The van der Waals surface area contributed by atoms with Crippen LogP contribution in [-0.2, 0) is 0 Å². The van der Waals surface area contributed by atoms with Crippen LogP contribution in [0.2, 0.25) is 0 Å². The Morgan fingerprint density at radius 2 is 1.13 bits per heavy atom. The highest BCUT2D eigenvalue weighted by atomic mass is 16.5. The third-order valence-electron chi connectivity index (χ3n) is 4.68. The second kappa shape index (κ2) is 8.61. The molecule has 0 spiro atoms. The summed E-state index contributed by atoms with van der Waals surface area (Å²) in [6, 6.07) is 19.1. The van der Waals surface area contributed by atoms with E-state index < -0.39 is 0 Å². The van der Waals surface area contributed by atoms with E-state index >= 15 is 0 Å². The van der Waals surface area contributed by atoms with Gasteiger partial charge in [0, 0.05) is 24.5 Å². The number of nitrogens with zero attached hydrogens (tertiary/aromatic N) is 3. The Morgan fingerprint density at radius 1 is 0.600 bits per heavy atom. The molecule has 0 saturated carbocycles. The van der Waals surface area contributed by atoms with Crippen LogP contribution in [0.1, 0.15) is 0 Å². The summed E-state index contributed by atoms with van der Waals surface area (Å²) in [5, 5.41) is 0. The summed E-state index contributed by atoms with van der Waals surface area (Å²) in [5.74, 6) is 1.92. The van der Waals surface area contributed by atoms with Crippen molar-refractivity contribution in [3.05, 3.63) is 73.1 Å². The van der Waals surface area contributed by atoms with Gasteiger partial charge in [-0.15, -0.1) is 0 Å². The van der Waals surface area contributed by atoms with E-state index in [1.807, 2.05) is 60.7 Å². The van der Waals surface area contributed by atoms with Crippen molar-refractivity contribution in [3.8, 4) is 51.2 Å². The van der Waals surface area contributed by atoms with E-state index in [-0.39, 0.29) is 0 Å². The maximum atomic E-state index is 5.66. The fourth-order valence-corrected chi connectivity index (χ4v) is 3.26. The SMILES string of the molecule is COc1cc(OC)c(-c2cc(-c3ccccn3)nc(-c3ccccn3)c2)c(OC)c1. The lowest BCUT2D eigenvalue weighted by Crippen LogP contribution is -1.98. The highest BCUT2D eigenvalue weighted by molar-refractivity contribution is 5.82. The van der Waals surface area contributed by atoms with Crippen LogP contribution < -0.4 is 14.2 Å². The van der Waals surface area contributed by atoms with Crippen molar-refractivity contribution < 1.29 is 14.2 Å². The van der Waals surface area contributed by atoms with Crippen LogP contribution in [-0.4, -0.2) is 36.3 Å². The molecule has 4 aromatic rings. The van der Waals surface area contributed by atoms with Gasteiger partial charge in [0.25, 0.3) is 0 Å². The Balaban J connectivity index is 1.99. The molecule has 6 nitrogen and oxygen atoms in total. The van der Waals surface area contributed by atoms with Gasteiger partial charge in [0.2, 0.25) is 0 Å². The van der Waals surface area contributed by atoms with Gasteiger partial charge >= 0.3 is 0 Å². The maximum absolute atomic E-state index is 5.66. The van der Waals surface area contributed by atoms with Crippen LogP contribution >= 0.6 is 0 Å². The van der Waals surface area contributed by atoms with Crippen molar-refractivity contribution in [2.75, 3.05) is 21.3 Å². The van der Waals surface area contributed by atoms with E-state index in [0.29, 0.717) is 17.2 Å². The first-order valence-electron chi connectivity index (χ1n) is 9.38. The first-order chi connectivity index (χ1) is 14.7. The standard InChI is InChI=1S/C24H21N3O3/c1-28-17-14-22(29-2)24(23(15-17)30-3)16-12-20(18-8-4-6-10-25-18)27-21(13-16)19-9-5-7-11-26-19/h4-15H,1-3H3. The first-order valence-corrected chi connectivity index (χ1v) is 9.38. The third kappa shape index (κ3) is 3.80. The maximum Gasteiger partial charge on any atom is 0.134 e. The van der Waals surface area contributed by atoms with Gasteiger partial charge in [-0.3, -0.25) is 9.97 Å². The summed E-state index contributed by atoms with van der Waals surface area (Å²) < 4.78 is 16.7. The number of ether oxygens (including phenoxy) is 3. The second-order valence-electron chi connectivity index (χ2n) is 6.46. The first kappa shape index (κ1) is 19.4. The number of hydrogen-bond donors (Lipinski definition) is 0. The molecule has 0 aliphatic rings.